The van der Waals surface area contributed by atoms with Crippen LogP contribution in [0.25, 0.3) is 0 Å². The molecule has 1 heterocycles. The van der Waals surface area contributed by atoms with Crippen molar-refractivity contribution in [1.82, 2.24) is 4.90 Å². The zero-order valence-corrected chi connectivity index (χ0v) is 16.2. The van der Waals surface area contributed by atoms with E-state index in [1.165, 1.54) is 18.6 Å². The highest BCUT2D eigenvalue weighted by molar-refractivity contribution is 8.03. The van der Waals surface area contributed by atoms with E-state index in [-0.39, 0.29) is 5.82 Å². The molecule has 1 atom stereocenters. The third-order valence-electron chi connectivity index (χ3n) is 5.28. The summed E-state index contributed by atoms with van der Waals surface area (Å²) < 4.78 is 13.0. The average Bonchev–Trinajstić information content (AvgIpc) is 3.20. The Balaban J connectivity index is 1.59. The van der Waals surface area contributed by atoms with E-state index in [0.29, 0.717) is 16.9 Å². The maximum absolute atomic E-state index is 13.0. The molecule has 5 heteroatoms. The Morgan fingerprint density at radius 3 is 2.65 bits per heavy atom. The molecule has 1 unspecified atom stereocenters. The van der Waals surface area contributed by atoms with Gasteiger partial charge < -0.3 is 10.0 Å². The van der Waals surface area contributed by atoms with Gasteiger partial charge in [0.25, 0.3) is 0 Å². The van der Waals surface area contributed by atoms with Crippen molar-refractivity contribution in [2.45, 2.75) is 33.1 Å². The zero-order valence-electron chi connectivity index (χ0n) is 15.4. The Hall–Kier alpha value is -1.75. The van der Waals surface area contributed by atoms with E-state index in [1.807, 2.05) is 18.2 Å². The zero-order chi connectivity index (χ0) is 18.7. The van der Waals surface area contributed by atoms with Crippen molar-refractivity contribution in [3.05, 3.63) is 58.4 Å². The maximum Gasteiger partial charge on any atom is 0.338 e. The first-order valence-electron chi connectivity index (χ1n) is 9.13. The molecule has 0 radical (unpaired) electrons. The lowest BCUT2D eigenvalue weighted by molar-refractivity contribution is -0.132. The second kappa shape index (κ2) is 7.87. The third kappa shape index (κ3) is 4.70. The number of aryl methyl sites for hydroxylation is 1. The van der Waals surface area contributed by atoms with E-state index in [9.17, 15) is 14.3 Å². The van der Waals surface area contributed by atoms with Gasteiger partial charge in [0.15, 0.2) is 0 Å². The Morgan fingerprint density at radius 2 is 2.04 bits per heavy atom. The Labute approximate surface area is 159 Å². The number of hydrogen-bond acceptors (Lipinski definition) is 3. The standard InChI is InChI=1S/C21H26FNO2S/c1-21(2)13-16(21)14-23-11-3-6-18(20(24)25)19(23)26-12-4-5-15-7-9-17(22)10-8-15/h3,6-10,16H,4-5,11-14H2,1-2H3,(H,24,25). The van der Waals surface area contributed by atoms with E-state index < -0.39 is 5.97 Å². The molecule has 1 fully saturated rings. The summed E-state index contributed by atoms with van der Waals surface area (Å²) >= 11 is 1.63. The fourth-order valence-electron chi connectivity index (χ4n) is 3.36. The highest BCUT2D eigenvalue weighted by atomic mass is 32.2. The number of nitrogens with zero attached hydrogens (tertiary/aromatic N) is 1. The molecule has 1 aromatic carbocycles. The molecule has 0 amide bonds. The van der Waals surface area contributed by atoms with Crippen LogP contribution in [0.5, 0.6) is 0 Å². The van der Waals surface area contributed by atoms with Crippen molar-refractivity contribution in [2.24, 2.45) is 11.3 Å². The minimum absolute atomic E-state index is 0.216. The molecule has 140 valence electrons. The second-order valence-corrected chi connectivity index (χ2v) is 8.88. The van der Waals surface area contributed by atoms with Gasteiger partial charge in [-0.05, 0) is 60.1 Å². The highest BCUT2D eigenvalue weighted by Crippen LogP contribution is 2.52. The van der Waals surface area contributed by atoms with E-state index in [4.69, 9.17) is 0 Å². The predicted molar refractivity (Wildman–Crippen MR) is 104 cm³/mol. The smallest absolute Gasteiger partial charge is 0.338 e. The van der Waals surface area contributed by atoms with Gasteiger partial charge in [-0.1, -0.05) is 32.1 Å². The quantitative estimate of drug-likeness (QED) is 0.668. The van der Waals surface area contributed by atoms with Gasteiger partial charge in [-0.15, -0.1) is 11.8 Å². The molecule has 2 aliphatic rings. The topological polar surface area (TPSA) is 40.5 Å². The van der Waals surface area contributed by atoms with E-state index in [0.717, 1.165) is 42.3 Å². The molecule has 3 rings (SSSR count). The van der Waals surface area contributed by atoms with Crippen LogP contribution >= 0.6 is 11.8 Å². The highest BCUT2D eigenvalue weighted by Gasteiger charge is 2.46. The molecule has 0 saturated heterocycles. The number of hydrogen-bond donors (Lipinski definition) is 1. The monoisotopic (exact) mass is 375 g/mol. The molecule has 1 aliphatic heterocycles. The number of carboxylic acids is 1. The van der Waals surface area contributed by atoms with Crippen LogP contribution in [0.1, 0.15) is 32.3 Å². The number of halogens is 1. The van der Waals surface area contributed by atoms with Crippen LogP contribution in [0.4, 0.5) is 4.39 Å². The molecule has 0 spiro atoms. The van der Waals surface area contributed by atoms with E-state index in [1.54, 1.807) is 17.8 Å². The lowest BCUT2D eigenvalue weighted by Crippen LogP contribution is -2.30. The molecule has 1 N–H and O–H groups in total. The molecule has 1 aliphatic carbocycles. The van der Waals surface area contributed by atoms with Crippen LogP contribution in [-0.4, -0.2) is 34.8 Å². The van der Waals surface area contributed by atoms with E-state index in [2.05, 4.69) is 18.7 Å². The number of carbonyl (C=O) groups is 1. The molecule has 1 saturated carbocycles. The van der Waals surface area contributed by atoms with Crippen molar-refractivity contribution in [3.8, 4) is 0 Å². The van der Waals surface area contributed by atoms with Crippen LogP contribution in [0.3, 0.4) is 0 Å². The van der Waals surface area contributed by atoms with Crippen molar-refractivity contribution in [2.75, 3.05) is 18.8 Å². The van der Waals surface area contributed by atoms with E-state index >= 15 is 0 Å². The number of rotatable bonds is 8. The summed E-state index contributed by atoms with van der Waals surface area (Å²) in [5.41, 5.74) is 1.89. The molecule has 0 bridgehead atoms. The summed E-state index contributed by atoms with van der Waals surface area (Å²) in [6.45, 7) is 6.25. The van der Waals surface area contributed by atoms with Gasteiger partial charge in [-0.2, -0.15) is 0 Å². The van der Waals surface area contributed by atoms with Crippen molar-refractivity contribution in [1.29, 1.82) is 0 Å². The van der Waals surface area contributed by atoms with Crippen LogP contribution in [0, 0.1) is 17.2 Å². The SMILES string of the molecule is CC1(C)CC1CN1CC=CC(C(=O)O)=C1SCCCc1ccc(F)cc1. The van der Waals surface area contributed by atoms with Gasteiger partial charge in [-0.3, -0.25) is 0 Å². The largest absolute Gasteiger partial charge is 0.478 e. The van der Waals surface area contributed by atoms with Gasteiger partial charge >= 0.3 is 5.97 Å². The van der Waals surface area contributed by atoms with Gasteiger partial charge in [0.1, 0.15) is 5.82 Å². The lowest BCUT2D eigenvalue weighted by Gasteiger charge is -2.30. The second-order valence-electron chi connectivity index (χ2n) is 7.80. The Kier molecular flexibility index (Phi) is 5.76. The van der Waals surface area contributed by atoms with Gasteiger partial charge in [0, 0.05) is 13.1 Å². The van der Waals surface area contributed by atoms with Gasteiger partial charge in [0.05, 0.1) is 10.6 Å². The van der Waals surface area contributed by atoms with Crippen LogP contribution in [0.2, 0.25) is 0 Å². The van der Waals surface area contributed by atoms with Crippen molar-refractivity contribution in [3.63, 3.8) is 0 Å². The average molecular weight is 376 g/mol. The van der Waals surface area contributed by atoms with Crippen molar-refractivity contribution < 1.29 is 14.3 Å². The Morgan fingerprint density at radius 1 is 1.35 bits per heavy atom. The first-order valence-corrected chi connectivity index (χ1v) is 10.1. The van der Waals surface area contributed by atoms with Crippen LogP contribution in [-0.2, 0) is 11.2 Å². The summed E-state index contributed by atoms with van der Waals surface area (Å²) in [5, 5.41) is 10.4. The third-order valence-corrected chi connectivity index (χ3v) is 6.52. The fourth-order valence-corrected chi connectivity index (χ4v) is 4.49. The molecule has 0 aromatic heterocycles. The predicted octanol–water partition coefficient (Wildman–Crippen LogP) is 4.71. The summed E-state index contributed by atoms with van der Waals surface area (Å²) in [6.07, 6.45) is 6.69. The first kappa shape index (κ1) is 19.0. The minimum atomic E-state index is -0.859. The van der Waals surface area contributed by atoms with Gasteiger partial charge in [0.2, 0.25) is 0 Å². The number of thioether (sulfide) groups is 1. The summed E-state index contributed by atoms with van der Waals surface area (Å²) in [7, 11) is 0. The molecular formula is C21H26FNO2S. The fraction of sp³-hybridized carbons (Fsp3) is 0.476. The van der Waals surface area contributed by atoms with Gasteiger partial charge in [-0.25, -0.2) is 9.18 Å². The summed E-state index contributed by atoms with van der Waals surface area (Å²) in [5.74, 6) is 0.412. The lowest BCUT2D eigenvalue weighted by atomic mass is 10.1. The molecule has 3 nitrogen and oxygen atoms in total. The maximum atomic E-state index is 13.0. The van der Waals surface area contributed by atoms with Crippen LogP contribution in [0.15, 0.2) is 47.0 Å². The number of benzene rings is 1. The minimum Gasteiger partial charge on any atom is -0.478 e. The molecular weight excluding hydrogens is 349 g/mol. The van der Waals surface area contributed by atoms with Crippen LogP contribution < -0.4 is 0 Å². The number of carboxylic acid groups (broad SMARTS) is 1. The molecule has 1 aromatic rings. The number of aliphatic carboxylic acids is 1. The van der Waals surface area contributed by atoms with Crippen molar-refractivity contribution >= 4 is 17.7 Å². The molecule has 26 heavy (non-hydrogen) atoms. The first-order chi connectivity index (χ1) is 12.4. The normalized spacial score (nSPS) is 21.2. The Bertz CT molecular complexity index is 724. The summed E-state index contributed by atoms with van der Waals surface area (Å²) in [6, 6.07) is 6.59. The summed E-state index contributed by atoms with van der Waals surface area (Å²) in [4.78, 5) is 13.9.